The number of rotatable bonds is 12. The highest BCUT2D eigenvalue weighted by molar-refractivity contribution is 6.04. The lowest BCUT2D eigenvalue weighted by atomic mass is 10.1. The largest absolute Gasteiger partial charge is 0.493 e. The molecule has 3 rings (SSSR count). The van der Waals surface area contributed by atoms with Crippen molar-refractivity contribution in [1.82, 2.24) is 4.90 Å². The van der Waals surface area contributed by atoms with Crippen LogP contribution in [0.3, 0.4) is 0 Å². The number of benzene rings is 2. The summed E-state index contributed by atoms with van der Waals surface area (Å²) in [5, 5.41) is 0. The van der Waals surface area contributed by atoms with Gasteiger partial charge in [0.15, 0.2) is 28.8 Å². The second-order valence-electron chi connectivity index (χ2n) is 7.75. The van der Waals surface area contributed by atoms with E-state index in [9.17, 15) is 4.79 Å². The van der Waals surface area contributed by atoms with Crippen LogP contribution in [0.25, 0.3) is 12.2 Å². The van der Waals surface area contributed by atoms with Gasteiger partial charge in [0.25, 0.3) is 0 Å². The maximum absolute atomic E-state index is 12.3. The number of carbonyl (C=O) groups excluding carboxylic acids is 1. The highest BCUT2D eigenvalue weighted by Gasteiger charge is 2.10. The number of morpholine rings is 1. The predicted octanol–water partition coefficient (Wildman–Crippen LogP) is 4.11. The summed E-state index contributed by atoms with van der Waals surface area (Å²) < 4.78 is 27.3. The lowest BCUT2D eigenvalue weighted by molar-refractivity contribution is -0.110. The molecule has 0 bridgehead atoms. The Labute approximate surface area is 201 Å². The van der Waals surface area contributed by atoms with Gasteiger partial charge in [0.05, 0.1) is 41.2 Å². The average Bonchev–Trinajstić information content (AvgIpc) is 2.89. The van der Waals surface area contributed by atoms with Crippen molar-refractivity contribution in [3.63, 3.8) is 0 Å². The maximum atomic E-state index is 12.3. The van der Waals surface area contributed by atoms with Crippen molar-refractivity contribution >= 4 is 17.9 Å². The highest BCUT2D eigenvalue weighted by Crippen LogP contribution is 2.29. The van der Waals surface area contributed by atoms with Crippen LogP contribution in [0.2, 0.25) is 0 Å². The number of hydrogen-bond acceptors (Lipinski definition) is 7. The molecule has 0 amide bonds. The fraction of sp³-hybridized carbons (Fsp3) is 0.370. The molecule has 1 heterocycles. The van der Waals surface area contributed by atoms with E-state index in [1.807, 2.05) is 30.3 Å². The van der Waals surface area contributed by atoms with Gasteiger partial charge in [0.1, 0.15) is 0 Å². The van der Waals surface area contributed by atoms with Crippen molar-refractivity contribution in [3.05, 3.63) is 59.7 Å². The van der Waals surface area contributed by atoms with Crippen LogP contribution in [0.5, 0.6) is 23.0 Å². The number of nitrogens with zero attached hydrogens (tertiary/aromatic N) is 1. The number of ether oxygens (including phenoxy) is 5. The Morgan fingerprint density at radius 2 is 1.41 bits per heavy atom. The fourth-order valence-corrected chi connectivity index (χ4v) is 3.57. The Balaban J connectivity index is 1.52. The van der Waals surface area contributed by atoms with Crippen LogP contribution < -0.4 is 18.9 Å². The minimum Gasteiger partial charge on any atom is -0.493 e. The summed E-state index contributed by atoms with van der Waals surface area (Å²) in [5.74, 6) is 2.47. The third-order valence-corrected chi connectivity index (χ3v) is 5.46. The number of carbonyl (C=O) groups is 1. The summed E-state index contributed by atoms with van der Waals surface area (Å²) in [6.45, 7) is 5.17. The van der Waals surface area contributed by atoms with Gasteiger partial charge >= 0.3 is 0 Å². The molecule has 0 N–H and O–H groups in total. The molecule has 1 saturated heterocycles. The Bertz CT molecular complexity index is 995. The number of ketones is 1. The van der Waals surface area contributed by atoms with Crippen LogP contribution in [-0.4, -0.2) is 71.5 Å². The highest BCUT2D eigenvalue weighted by atomic mass is 16.5. The van der Waals surface area contributed by atoms with E-state index in [1.54, 1.807) is 39.5 Å². The first kappa shape index (κ1) is 25.3. The third-order valence-electron chi connectivity index (χ3n) is 5.46. The maximum Gasteiger partial charge on any atom is 0.178 e. The van der Waals surface area contributed by atoms with Gasteiger partial charge in [0.2, 0.25) is 0 Å². The molecule has 1 fully saturated rings. The number of allylic oxidation sites excluding steroid dienone is 2. The van der Waals surface area contributed by atoms with Gasteiger partial charge in [-0.25, -0.2) is 0 Å². The first-order chi connectivity index (χ1) is 16.6. The Morgan fingerprint density at radius 1 is 0.853 bits per heavy atom. The lowest BCUT2D eigenvalue weighted by Crippen LogP contribution is -2.37. The van der Waals surface area contributed by atoms with E-state index in [2.05, 4.69) is 4.90 Å². The quantitative estimate of drug-likeness (QED) is 0.344. The molecule has 1 aliphatic heterocycles. The third kappa shape index (κ3) is 7.64. The molecule has 1 aliphatic rings. The minimum absolute atomic E-state index is 0.128. The van der Waals surface area contributed by atoms with Gasteiger partial charge in [-0.3, -0.25) is 9.69 Å². The zero-order valence-electron chi connectivity index (χ0n) is 20.1. The molecule has 7 heteroatoms. The Morgan fingerprint density at radius 3 is 2.00 bits per heavy atom. The van der Waals surface area contributed by atoms with Gasteiger partial charge in [-0.2, -0.15) is 0 Å². The SMILES string of the molecule is COc1ccc(/C=C/C(=O)/C=C/c2ccc(OCCCN3CCOCC3)c(OC)c2)cc1OC. The van der Waals surface area contributed by atoms with E-state index in [4.69, 9.17) is 23.7 Å². The molecule has 7 nitrogen and oxygen atoms in total. The zero-order chi connectivity index (χ0) is 24.2. The standard InChI is InChI=1S/C27H33NO6/c1-30-24-11-7-21(19-26(24)31-2)5-9-23(29)10-6-22-8-12-25(27(20-22)32-3)34-16-4-13-28-14-17-33-18-15-28/h5-12,19-20H,4,13-18H2,1-3H3/b9-5+,10-6+. The molecular weight excluding hydrogens is 434 g/mol. The number of methoxy groups -OCH3 is 3. The molecule has 0 spiro atoms. The van der Waals surface area contributed by atoms with Crippen molar-refractivity contribution in [3.8, 4) is 23.0 Å². The molecular formula is C27H33NO6. The summed E-state index contributed by atoms with van der Waals surface area (Å²) in [7, 11) is 4.78. The molecule has 182 valence electrons. The van der Waals surface area contributed by atoms with E-state index in [0.717, 1.165) is 50.4 Å². The summed E-state index contributed by atoms with van der Waals surface area (Å²) in [6.07, 6.45) is 7.47. The van der Waals surface area contributed by atoms with Crippen molar-refractivity contribution in [1.29, 1.82) is 0 Å². The van der Waals surface area contributed by atoms with E-state index in [-0.39, 0.29) is 5.78 Å². The van der Waals surface area contributed by atoms with Crippen molar-refractivity contribution in [2.45, 2.75) is 6.42 Å². The molecule has 2 aromatic carbocycles. The first-order valence-corrected chi connectivity index (χ1v) is 11.4. The van der Waals surface area contributed by atoms with Crippen molar-refractivity contribution in [2.75, 3.05) is 60.8 Å². The molecule has 0 aliphatic carbocycles. The molecule has 0 radical (unpaired) electrons. The second-order valence-corrected chi connectivity index (χ2v) is 7.75. The van der Waals surface area contributed by atoms with Gasteiger partial charge in [0, 0.05) is 19.6 Å². The van der Waals surface area contributed by atoms with E-state index in [1.165, 1.54) is 12.2 Å². The molecule has 2 aromatic rings. The normalized spacial score (nSPS) is 14.4. The van der Waals surface area contributed by atoms with Gasteiger partial charge in [-0.1, -0.05) is 24.3 Å². The van der Waals surface area contributed by atoms with E-state index >= 15 is 0 Å². The Kier molecular flexibility index (Phi) is 10.0. The van der Waals surface area contributed by atoms with Crippen molar-refractivity contribution in [2.24, 2.45) is 0 Å². The lowest BCUT2D eigenvalue weighted by Gasteiger charge is -2.26. The minimum atomic E-state index is -0.128. The molecule has 0 aromatic heterocycles. The predicted molar refractivity (Wildman–Crippen MR) is 133 cm³/mol. The summed E-state index contributed by atoms with van der Waals surface area (Å²) in [4.78, 5) is 14.7. The van der Waals surface area contributed by atoms with Crippen LogP contribution in [0.1, 0.15) is 17.5 Å². The monoisotopic (exact) mass is 467 g/mol. The summed E-state index contributed by atoms with van der Waals surface area (Å²) >= 11 is 0. The average molecular weight is 468 g/mol. The second kappa shape index (κ2) is 13.4. The topological polar surface area (TPSA) is 66.5 Å². The molecule has 0 saturated carbocycles. The zero-order valence-corrected chi connectivity index (χ0v) is 20.1. The smallest absolute Gasteiger partial charge is 0.178 e. The molecule has 0 unspecified atom stereocenters. The number of hydrogen-bond donors (Lipinski definition) is 0. The van der Waals surface area contributed by atoms with Crippen LogP contribution in [-0.2, 0) is 9.53 Å². The molecule has 0 atom stereocenters. The van der Waals surface area contributed by atoms with Gasteiger partial charge < -0.3 is 23.7 Å². The van der Waals surface area contributed by atoms with E-state index in [0.29, 0.717) is 29.6 Å². The first-order valence-electron chi connectivity index (χ1n) is 11.4. The van der Waals surface area contributed by atoms with Gasteiger partial charge in [-0.05, 0) is 54.0 Å². The van der Waals surface area contributed by atoms with Crippen LogP contribution in [0.15, 0.2) is 48.6 Å². The van der Waals surface area contributed by atoms with E-state index < -0.39 is 0 Å². The molecule has 34 heavy (non-hydrogen) atoms. The van der Waals surface area contributed by atoms with Crippen LogP contribution in [0, 0.1) is 0 Å². The van der Waals surface area contributed by atoms with Gasteiger partial charge in [-0.15, -0.1) is 0 Å². The van der Waals surface area contributed by atoms with Crippen LogP contribution >= 0.6 is 0 Å². The summed E-state index contributed by atoms with van der Waals surface area (Å²) in [6, 6.07) is 11.1. The summed E-state index contributed by atoms with van der Waals surface area (Å²) in [5.41, 5.74) is 1.70. The fourth-order valence-electron chi connectivity index (χ4n) is 3.57. The van der Waals surface area contributed by atoms with Crippen molar-refractivity contribution < 1.29 is 28.5 Å². The van der Waals surface area contributed by atoms with Crippen LogP contribution in [0.4, 0.5) is 0 Å². The Hall–Kier alpha value is -3.29.